The summed E-state index contributed by atoms with van der Waals surface area (Å²) in [5.41, 5.74) is 6.39. The monoisotopic (exact) mass is 404 g/mol. The van der Waals surface area contributed by atoms with Gasteiger partial charge in [0.05, 0.1) is 16.5 Å². The number of H-pyrrole nitrogens is 1. The molecule has 0 saturated heterocycles. The highest BCUT2D eigenvalue weighted by Crippen LogP contribution is 2.30. The summed E-state index contributed by atoms with van der Waals surface area (Å²) in [5.74, 6) is -2.18. The minimum atomic E-state index is -0.959. The van der Waals surface area contributed by atoms with Crippen LogP contribution in [0.4, 0.5) is 5.69 Å². The lowest BCUT2D eigenvalue weighted by atomic mass is 9.93. The van der Waals surface area contributed by atoms with Gasteiger partial charge in [0.25, 0.3) is 5.69 Å². The first-order chi connectivity index (χ1) is 13.5. The number of aromatic nitrogens is 1. The van der Waals surface area contributed by atoms with E-state index in [2.05, 4.69) is 10.3 Å². The Morgan fingerprint density at radius 2 is 1.93 bits per heavy atom. The van der Waals surface area contributed by atoms with Crippen molar-refractivity contribution in [2.24, 2.45) is 11.7 Å². The van der Waals surface area contributed by atoms with Gasteiger partial charge in [-0.2, -0.15) is 0 Å². The molecule has 1 aromatic heterocycles. The summed E-state index contributed by atoms with van der Waals surface area (Å²) in [6.07, 6.45) is -0.193. The molecule has 1 unspecified atom stereocenters. The number of nitro benzene ring substituents is 1. The summed E-state index contributed by atoms with van der Waals surface area (Å²) in [4.78, 5) is 37.9. The van der Waals surface area contributed by atoms with Gasteiger partial charge in [0.15, 0.2) is 11.7 Å². The Balaban J connectivity index is 2.14. The molecule has 10 heteroatoms. The number of nitrogens with one attached hydrogen (secondary N) is 2. The Morgan fingerprint density at radius 3 is 2.45 bits per heavy atom. The van der Waals surface area contributed by atoms with Gasteiger partial charge in [-0.25, -0.2) is 0 Å². The van der Waals surface area contributed by atoms with E-state index in [0.717, 1.165) is 0 Å². The van der Waals surface area contributed by atoms with Crippen molar-refractivity contribution >= 4 is 17.4 Å². The molecule has 0 spiro atoms. The fraction of sp³-hybridized carbons (Fsp3) is 0.368. The number of ketones is 1. The predicted molar refractivity (Wildman–Crippen MR) is 105 cm³/mol. The van der Waals surface area contributed by atoms with Gasteiger partial charge in [0, 0.05) is 30.2 Å². The maximum absolute atomic E-state index is 12.8. The van der Waals surface area contributed by atoms with Crippen molar-refractivity contribution < 1.29 is 24.7 Å². The zero-order valence-electron chi connectivity index (χ0n) is 16.3. The molecule has 0 aliphatic rings. The number of benzene rings is 1. The topological polar surface area (TPSA) is 172 Å². The molecule has 10 nitrogen and oxygen atoms in total. The van der Waals surface area contributed by atoms with Gasteiger partial charge in [-0.1, -0.05) is 26.0 Å². The molecular weight excluding hydrogens is 380 g/mol. The normalized spacial score (nSPS) is 13.1. The van der Waals surface area contributed by atoms with E-state index in [1.165, 1.54) is 25.1 Å². The number of Topliss-reactive ketones (excluding diaryl/α,β-unsaturated/α-hetero) is 1. The van der Waals surface area contributed by atoms with Crippen LogP contribution in [0.25, 0.3) is 0 Å². The van der Waals surface area contributed by atoms with Gasteiger partial charge in [-0.05, 0) is 18.4 Å². The van der Waals surface area contributed by atoms with Gasteiger partial charge < -0.3 is 21.3 Å². The van der Waals surface area contributed by atoms with Crippen molar-refractivity contribution in [3.05, 3.63) is 51.1 Å². The van der Waals surface area contributed by atoms with E-state index in [1.807, 2.05) is 0 Å². The summed E-state index contributed by atoms with van der Waals surface area (Å²) in [6, 6.07) is 3.93. The Labute approximate surface area is 166 Å². The summed E-state index contributed by atoms with van der Waals surface area (Å²) in [7, 11) is 0. The number of nitrogens with two attached hydrogens (primary N) is 1. The molecule has 29 heavy (non-hydrogen) atoms. The highest BCUT2D eigenvalue weighted by molar-refractivity contribution is 6.05. The van der Waals surface area contributed by atoms with Crippen molar-refractivity contribution in [3.8, 4) is 11.8 Å². The Bertz CT molecular complexity index is 937. The van der Waals surface area contributed by atoms with Gasteiger partial charge in [-0.15, -0.1) is 0 Å². The van der Waals surface area contributed by atoms with E-state index in [4.69, 9.17) is 5.73 Å². The number of aromatic amines is 1. The summed E-state index contributed by atoms with van der Waals surface area (Å²) >= 11 is 0. The highest BCUT2D eigenvalue weighted by atomic mass is 16.6. The van der Waals surface area contributed by atoms with E-state index in [9.17, 15) is 29.9 Å². The van der Waals surface area contributed by atoms with Crippen LogP contribution < -0.4 is 11.1 Å². The van der Waals surface area contributed by atoms with Crippen LogP contribution in [0.3, 0.4) is 0 Å². The van der Waals surface area contributed by atoms with E-state index in [-0.39, 0.29) is 35.0 Å². The van der Waals surface area contributed by atoms with Crippen molar-refractivity contribution in [2.75, 3.05) is 0 Å². The molecule has 2 rings (SSSR count). The molecule has 1 heterocycles. The smallest absolute Gasteiger partial charge is 0.269 e. The number of nitro groups is 1. The van der Waals surface area contributed by atoms with Crippen LogP contribution in [0.1, 0.15) is 47.8 Å². The number of rotatable bonds is 8. The van der Waals surface area contributed by atoms with Crippen LogP contribution in [-0.4, -0.2) is 37.9 Å². The first-order valence-corrected chi connectivity index (χ1v) is 8.96. The highest BCUT2D eigenvalue weighted by Gasteiger charge is 2.31. The fourth-order valence-electron chi connectivity index (χ4n) is 2.98. The number of carbonyl (C=O) groups is 2. The molecular formula is C19H24N4O6. The maximum Gasteiger partial charge on any atom is 0.269 e. The Hall–Kier alpha value is -3.40. The standard InChI is InChI=1S/C19H24N4O6/c1-9(2)16(17(25)15-10(3)18(26)22-19(15)27)21-14(24)8-13(20)11-5-4-6-12(7-11)23(28)29/h4-7,9,13,16,22,26-27H,8,20H2,1-3H3,(H,21,24)/t13?,16-/m0/s1. The molecule has 1 aromatic carbocycles. The van der Waals surface area contributed by atoms with E-state index < -0.39 is 34.6 Å². The van der Waals surface area contributed by atoms with Crippen LogP contribution in [0.15, 0.2) is 24.3 Å². The molecule has 0 aliphatic heterocycles. The minimum Gasteiger partial charge on any atom is -0.494 e. The van der Waals surface area contributed by atoms with Gasteiger partial charge in [0.2, 0.25) is 11.8 Å². The molecule has 2 atom stereocenters. The Morgan fingerprint density at radius 1 is 1.28 bits per heavy atom. The lowest BCUT2D eigenvalue weighted by molar-refractivity contribution is -0.384. The second kappa shape index (κ2) is 8.74. The van der Waals surface area contributed by atoms with Crippen molar-refractivity contribution in [2.45, 2.75) is 39.3 Å². The zero-order valence-corrected chi connectivity index (χ0v) is 16.3. The second-order valence-electron chi connectivity index (χ2n) is 7.14. The molecule has 6 N–H and O–H groups in total. The molecule has 0 aliphatic carbocycles. The average Bonchev–Trinajstić information content (AvgIpc) is 2.90. The molecule has 1 amide bonds. The largest absolute Gasteiger partial charge is 0.494 e. The number of non-ortho nitro benzene ring substituents is 1. The third-order valence-corrected chi connectivity index (χ3v) is 4.63. The summed E-state index contributed by atoms with van der Waals surface area (Å²) in [5, 5.41) is 33.0. The van der Waals surface area contributed by atoms with Gasteiger partial charge in [-0.3, -0.25) is 24.7 Å². The molecule has 0 saturated carbocycles. The van der Waals surface area contributed by atoms with E-state index >= 15 is 0 Å². The van der Waals surface area contributed by atoms with E-state index in [1.54, 1.807) is 19.9 Å². The van der Waals surface area contributed by atoms with Crippen LogP contribution in [0.2, 0.25) is 0 Å². The van der Waals surface area contributed by atoms with Gasteiger partial charge >= 0.3 is 0 Å². The molecule has 0 radical (unpaired) electrons. The molecule has 0 fully saturated rings. The van der Waals surface area contributed by atoms with Crippen LogP contribution in [0.5, 0.6) is 11.8 Å². The van der Waals surface area contributed by atoms with Crippen molar-refractivity contribution in [3.63, 3.8) is 0 Å². The lowest BCUT2D eigenvalue weighted by Gasteiger charge is -2.22. The lowest BCUT2D eigenvalue weighted by Crippen LogP contribution is -2.45. The maximum atomic E-state index is 12.8. The zero-order chi connectivity index (χ0) is 21.9. The second-order valence-corrected chi connectivity index (χ2v) is 7.14. The van der Waals surface area contributed by atoms with Crippen LogP contribution >= 0.6 is 0 Å². The van der Waals surface area contributed by atoms with Crippen molar-refractivity contribution in [1.82, 2.24) is 10.3 Å². The van der Waals surface area contributed by atoms with Crippen LogP contribution in [0, 0.1) is 23.0 Å². The summed E-state index contributed by atoms with van der Waals surface area (Å²) < 4.78 is 0. The van der Waals surface area contributed by atoms with E-state index in [0.29, 0.717) is 5.56 Å². The first-order valence-electron chi connectivity index (χ1n) is 8.96. The molecule has 156 valence electrons. The number of aromatic hydroxyl groups is 2. The first kappa shape index (κ1) is 21.9. The minimum absolute atomic E-state index is 0.0931. The van der Waals surface area contributed by atoms with Crippen LogP contribution in [-0.2, 0) is 4.79 Å². The third kappa shape index (κ3) is 4.91. The molecule has 2 aromatic rings. The SMILES string of the molecule is Cc1c(O)[nH]c(O)c1C(=O)[C@@H](NC(=O)CC(N)c1cccc([N+](=O)[O-])c1)C(C)C. The third-order valence-electron chi connectivity index (χ3n) is 4.63. The predicted octanol–water partition coefficient (Wildman–Crippen LogP) is 2.06. The number of hydrogen-bond donors (Lipinski definition) is 5. The number of carbonyl (C=O) groups excluding carboxylic acids is 2. The van der Waals surface area contributed by atoms with Crippen molar-refractivity contribution in [1.29, 1.82) is 0 Å². The number of nitrogens with zero attached hydrogens (tertiary/aromatic N) is 1. The number of hydrogen-bond acceptors (Lipinski definition) is 7. The Kier molecular flexibility index (Phi) is 6.60. The molecule has 0 bridgehead atoms. The fourth-order valence-corrected chi connectivity index (χ4v) is 2.98. The quantitative estimate of drug-likeness (QED) is 0.254. The number of amides is 1. The van der Waals surface area contributed by atoms with Gasteiger partial charge in [0.1, 0.15) is 0 Å². The summed E-state index contributed by atoms with van der Waals surface area (Å²) in [6.45, 7) is 4.92. The average molecular weight is 404 g/mol.